The maximum atomic E-state index is 5.84. The first-order valence-corrected chi connectivity index (χ1v) is 10.6. The second kappa shape index (κ2) is 6.99. The van der Waals surface area contributed by atoms with Crippen LogP contribution >= 0.6 is 0 Å². The van der Waals surface area contributed by atoms with E-state index in [-0.39, 0.29) is 0 Å². The minimum absolute atomic E-state index is 0.375. The van der Waals surface area contributed by atoms with E-state index in [1.165, 1.54) is 34.0 Å². The summed E-state index contributed by atoms with van der Waals surface area (Å²) < 4.78 is 0. The summed E-state index contributed by atoms with van der Waals surface area (Å²) in [7, 11) is 0. The maximum absolute atomic E-state index is 5.84. The number of nitrogens with zero attached hydrogens (tertiary/aromatic N) is 3. The Labute approximate surface area is 172 Å². The predicted octanol–water partition coefficient (Wildman–Crippen LogP) is 3.92. The molecule has 2 aromatic heterocycles. The Morgan fingerprint density at radius 3 is 2.83 bits per heavy atom. The zero-order valence-corrected chi connectivity index (χ0v) is 17.3. The molecule has 0 saturated carbocycles. The third-order valence-corrected chi connectivity index (χ3v) is 6.96. The van der Waals surface area contributed by atoms with E-state index in [9.17, 15) is 0 Å². The average molecular weight is 388 g/mol. The fourth-order valence-corrected chi connectivity index (χ4v) is 5.77. The molecule has 0 amide bonds. The number of aromatic nitrogens is 3. The minimum atomic E-state index is 0.375. The van der Waals surface area contributed by atoms with Gasteiger partial charge in [0.15, 0.2) is 0 Å². The van der Waals surface area contributed by atoms with Crippen LogP contribution in [0.15, 0.2) is 37.1 Å². The molecule has 150 valence electrons. The number of hydrogen-bond donors (Lipinski definition) is 2. The highest BCUT2D eigenvalue weighted by Gasteiger charge is 2.40. The highest BCUT2D eigenvalue weighted by Crippen LogP contribution is 2.45. The molecular formula is C24H29N5. The number of piperidine rings is 1. The van der Waals surface area contributed by atoms with Crippen molar-refractivity contribution in [1.29, 1.82) is 0 Å². The number of H-pyrrole nitrogens is 1. The number of hydrogen-bond acceptors (Lipinski definition) is 4. The van der Waals surface area contributed by atoms with Crippen molar-refractivity contribution in [2.75, 3.05) is 18.8 Å². The van der Waals surface area contributed by atoms with Crippen molar-refractivity contribution < 1.29 is 0 Å². The van der Waals surface area contributed by atoms with Crippen molar-refractivity contribution in [2.24, 2.45) is 5.92 Å². The normalized spacial score (nSPS) is 23.9. The first kappa shape index (κ1) is 18.4. The molecule has 1 fully saturated rings. The standard InChI is InChI=1S/C24H29N5/c1-4-8-29-13-16(9-19-14(2)27-24(25)28-15(19)3)10-20-18-6-5-7-21-23(18)17(12-26-21)11-22(20)29/h4-7,12,16,20,22,26H,1,8-11,13H2,2-3H3,(H2,25,27,28)/t16-,20-,22-/m1/s1. The fourth-order valence-electron chi connectivity index (χ4n) is 5.77. The van der Waals surface area contributed by atoms with Crippen molar-refractivity contribution in [3.63, 3.8) is 0 Å². The van der Waals surface area contributed by atoms with Crippen LogP contribution in [0.4, 0.5) is 5.95 Å². The first-order chi connectivity index (χ1) is 14.0. The Morgan fingerprint density at radius 2 is 2.07 bits per heavy atom. The van der Waals surface area contributed by atoms with Crippen LogP contribution in [0.25, 0.3) is 10.9 Å². The topological polar surface area (TPSA) is 70.8 Å². The van der Waals surface area contributed by atoms with Crippen LogP contribution < -0.4 is 5.73 Å². The fraction of sp³-hybridized carbons (Fsp3) is 0.417. The van der Waals surface area contributed by atoms with E-state index in [4.69, 9.17) is 5.73 Å². The highest BCUT2D eigenvalue weighted by molar-refractivity contribution is 5.88. The third-order valence-electron chi connectivity index (χ3n) is 6.96. The third kappa shape index (κ3) is 3.04. The molecule has 29 heavy (non-hydrogen) atoms. The van der Waals surface area contributed by atoms with Crippen molar-refractivity contribution in [2.45, 2.75) is 45.1 Å². The molecule has 1 aliphatic heterocycles. The summed E-state index contributed by atoms with van der Waals surface area (Å²) >= 11 is 0. The average Bonchev–Trinajstić information content (AvgIpc) is 3.10. The van der Waals surface area contributed by atoms with E-state index in [0.717, 1.165) is 37.3 Å². The number of nitrogens with one attached hydrogen (secondary N) is 1. The quantitative estimate of drug-likeness (QED) is 0.666. The van der Waals surface area contributed by atoms with Gasteiger partial charge in [-0.2, -0.15) is 0 Å². The smallest absolute Gasteiger partial charge is 0.220 e. The first-order valence-electron chi connectivity index (χ1n) is 10.6. The lowest BCUT2D eigenvalue weighted by molar-refractivity contribution is 0.0963. The molecule has 3 heterocycles. The van der Waals surface area contributed by atoms with Gasteiger partial charge in [-0.05, 0) is 61.8 Å². The Bertz CT molecular complexity index is 1060. The number of aromatic amines is 1. The molecule has 3 aromatic rings. The van der Waals surface area contributed by atoms with Crippen LogP contribution in [0.2, 0.25) is 0 Å². The lowest BCUT2D eigenvalue weighted by Gasteiger charge is -2.47. The Kier molecular flexibility index (Phi) is 4.43. The van der Waals surface area contributed by atoms with Gasteiger partial charge in [-0.1, -0.05) is 18.2 Å². The number of anilines is 1. The summed E-state index contributed by atoms with van der Waals surface area (Å²) in [4.78, 5) is 15.0. The van der Waals surface area contributed by atoms with E-state index < -0.39 is 0 Å². The molecule has 1 saturated heterocycles. The zero-order valence-electron chi connectivity index (χ0n) is 17.3. The lowest BCUT2D eigenvalue weighted by atomic mass is 9.71. The number of rotatable bonds is 4. The van der Waals surface area contributed by atoms with Gasteiger partial charge in [0, 0.05) is 53.5 Å². The summed E-state index contributed by atoms with van der Waals surface area (Å²) in [6.45, 7) is 10.2. The number of fused-ring (bicyclic) bond motifs is 2. The van der Waals surface area contributed by atoms with Gasteiger partial charge in [-0.3, -0.25) is 4.90 Å². The summed E-state index contributed by atoms with van der Waals surface area (Å²) in [6, 6.07) is 7.28. The Balaban J connectivity index is 1.51. The SMILES string of the molecule is C=CCN1C[C@H](Cc2c(C)nc(N)nc2C)C[C@@H]2c3cccc4[nH]cc(c34)C[C@H]21. The van der Waals surface area contributed by atoms with Gasteiger partial charge in [0.1, 0.15) is 0 Å². The van der Waals surface area contributed by atoms with Crippen molar-refractivity contribution in [1.82, 2.24) is 19.9 Å². The number of nitrogen functional groups attached to an aromatic ring is 1. The van der Waals surface area contributed by atoms with E-state index in [1.807, 2.05) is 0 Å². The number of benzene rings is 1. The molecule has 5 rings (SSSR count). The van der Waals surface area contributed by atoms with Gasteiger partial charge in [-0.25, -0.2) is 9.97 Å². The summed E-state index contributed by atoms with van der Waals surface area (Å²) in [6.07, 6.45) is 7.58. The number of nitrogens with two attached hydrogens (primary N) is 1. The molecule has 0 radical (unpaired) electrons. The zero-order chi connectivity index (χ0) is 20.1. The maximum Gasteiger partial charge on any atom is 0.220 e. The number of aryl methyl sites for hydroxylation is 2. The van der Waals surface area contributed by atoms with Crippen LogP contribution in [-0.4, -0.2) is 39.0 Å². The van der Waals surface area contributed by atoms with Gasteiger partial charge in [0.25, 0.3) is 0 Å². The van der Waals surface area contributed by atoms with Crippen LogP contribution in [0.1, 0.15) is 40.4 Å². The monoisotopic (exact) mass is 387 g/mol. The van der Waals surface area contributed by atoms with Crippen LogP contribution in [-0.2, 0) is 12.8 Å². The molecule has 3 atom stereocenters. The molecule has 0 unspecified atom stereocenters. The van der Waals surface area contributed by atoms with Crippen molar-refractivity contribution in [3.8, 4) is 0 Å². The minimum Gasteiger partial charge on any atom is -0.368 e. The second-order valence-electron chi connectivity index (χ2n) is 8.74. The predicted molar refractivity (Wildman–Crippen MR) is 118 cm³/mol. The number of likely N-dealkylation sites (tertiary alicyclic amines) is 1. The van der Waals surface area contributed by atoms with E-state index in [1.54, 1.807) is 0 Å². The molecule has 0 bridgehead atoms. The Morgan fingerprint density at radius 1 is 1.28 bits per heavy atom. The van der Waals surface area contributed by atoms with E-state index in [2.05, 4.69) is 70.8 Å². The van der Waals surface area contributed by atoms with Crippen molar-refractivity contribution in [3.05, 3.63) is 65.1 Å². The van der Waals surface area contributed by atoms with E-state index in [0.29, 0.717) is 23.8 Å². The molecule has 1 aromatic carbocycles. The molecule has 3 N–H and O–H groups in total. The summed E-state index contributed by atoms with van der Waals surface area (Å²) in [5, 5.41) is 1.45. The molecular weight excluding hydrogens is 358 g/mol. The lowest BCUT2D eigenvalue weighted by Crippen LogP contribution is -2.50. The largest absolute Gasteiger partial charge is 0.368 e. The molecule has 2 aliphatic rings. The van der Waals surface area contributed by atoms with E-state index >= 15 is 0 Å². The van der Waals surface area contributed by atoms with Gasteiger partial charge in [0.05, 0.1) is 0 Å². The van der Waals surface area contributed by atoms with Crippen LogP contribution in [0, 0.1) is 19.8 Å². The summed E-state index contributed by atoms with van der Waals surface area (Å²) in [5.41, 5.74) is 13.4. The molecule has 1 aliphatic carbocycles. The second-order valence-corrected chi connectivity index (χ2v) is 8.74. The van der Waals surface area contributed by atoms with Gasteiger partial charge >= 0.3 is 0 Å². The molecule has 5 heteroatoms. The molecule has 5 nitrogen and oxygen atoms in total. The Hall–Kier alpha value is -2.66. The summed E-state index contributed by atoms with van der Waals surface area (Å²) in [5.74, 6) is 1.49. The molecule has 0 spiro atoms. The van der Waals surface area contributed by atoms with Crippen LogP contribution in [0.5, 0.6) is 0 Å². The van der Waals surface area contributed by atoms with Gasteiger partial charge in [-0.15, -0.1) is 6.58 Å². The van der Waals surface area contributed by atoms with Gasteiger partial charge < -0.3 is 10.7 Å². The van der Waals surface area contributed by atoms with Crippen LogP contribution in [0.3, 0.4) is 0 Å². The highest BCUT2D eigenvalue weighted by atomic mass is 15.2. The van der Waals surface area contributed by atoms with Crippen molar-refractivity contribution >= 4 is 16.9 Å². The van der Waals surface area contributed by atoms with Gasteiger partial charge in [0.2, 0.25) is 5.95 Å².